The molecule has 1 aromatic heterocycles. The van der Waals surface area contributed by atoms with Gasteiger partial charge in [0.25, 0.3) is 0 Å². The van der Waals surface area contributed by atoms with Crippen LogP contribution in [0, 0.1) is 0 Å². The topological polar surface area (TPSA) is 79.9 Å². The number of carbonyl (C=O) groups is 1. The maximum absolute atomic E-state index is 12.1. The standard InChI is InChI=1S/C17H14Cl2N4O2S/c1-25-14-5-3-2-4-11(14)16-21-17(23-22-16)26-9-15(24)20-13-8-10(18)6-7-12(13)19/h2-8H,9H2,1H3,(H,20,24)(H,21,22,23). The molecule has 2 N–H and O–H groups in total. The van der Waals surface area contributed by atoms with Crippen LogP contribution >= 0.6 is 35.0 Å². The molecule has 0 radical (unpaired) electrons. The van der Waals surface area contributed by atoms with E-state index in [1.165, 1.54) is 11.8 Å². The summed E-state index contributed by atoms with van der Waals surface area (Å²) in [6.07, 6.45) is 0. The van der Waals surface area contributed by atoms with Crippen molar-refractivity contribution in [3.63, 3.8) is 0 Å². The summed E-state index contributed by atoms with van der Waals surface area (Å²) in [6.45, 7) is 0. The number of anilines is 1. The fourth-order valence-electron chi connectivity index (χ4n) is 2.18. The molecule has 0 aliphatic heterocycles. The fraction of sp³-hybridized carbons (Fsp3) is 0.118. The van der Waals surface area contributed by atoms with Crippen molar-refractivity contribution in [2.75, 3.05) is 18.2 Å². The molecular weight excluding hydrogens is 395 g/mol. The number of H-pyrrole nitrogens is 1. The number of rotatable bonds is 6. The van der Waals surface area contributed by atoms with Crippen molar-refractivity contribution in [1.82, 2.24) is 15.2 Å². The number of carbonyl (C=O) groups excluding carboxylic acids is 1. The van der Waals surface area contributed by atoms with E-state index in [0.717, 1.165) is 5.56 Å². The molecule has 3 rings (SSSR count). The summed E-state index contributed by atoms with van der Waals surface area (Å²) in [4.78, 5) is 16.5. The minimum Gasteiger partial charge on any atom is -0.496 e. The van der Waals surface area contributed by atoms with Gasteiger partial charge in [-0.15, -0.1) is 5.10 Å². The predicted octanol–water partition coefficient (Wildman–Crippen LogP) is 4.52. The van der Waals surface area contributed by atoms with Crippen molar-refractivity contribution in [3.05, 3.63) is 52.5 Å². The van der Waals surface area contributed by atoms with E-state index in [9.17, 15) is 4.79 Å². The Bertz CT molecular complexity index is 933. The van der Waals surface area contributed by atoms with Crippen molar-refractivity contribution in [2.24, 2.45) is 0 Å². The van der Waals surface area contributed by atoms with Gasteiger partial charge in [0.1, 0.15) is 5.75 Å². The molecule has 0 saturated carbocycles. The molecule has 134 valence electrons. The molecule has 1 amide bonds. The van der Waals surface area contributed by atoms with Crippen LogP contribution in [0.5, 0.6) is 5.75 Å². The largest absolute Gasteiger partial charge is 0.496 e. The van der Waals surface area contributed by atoms with Crippen LogP contribution in [-0.4, -0.2) is 34.0 Å². The number of thioether (sulfide) groups is 1. The number of hydrogen-bond acceptors (Lipinski definition) is 5. The summed E-state index contributed by atoms with van der Waals surface area (Å²) in [7, 11) is 1.59. The highest BCUT2D eigenvalue weighted by Crippen LogP contribution is 2.28. The summed E-state index contributed by atoms with van der Waals surface area (Å²) >= 11 is 13.1. The lowest BCUT2D eigenvalue weighted by atomic mass is 10.2. The van der Waals surface area contributed by atoms with Crippen LogP contribution in [0.3, 0.4) is 0 Å². The van der Waals surface area contributed by atoms with Crippen LogP contribution < -0.4 is 10.1 Å². The van der Waals surface area contributed by atoms with E-state index in [1.807, 2.05) is 24.3 Å². The Balaban J connectivity index is 1.63. The number of nitrogens with one attached hydrogen (secondary N) is 2. The Labute approximate surface area is 164 Å². The van der Waals surface area contributed by atoms with E-state index in [-0.39, 0.29) is 11.7 Å². The number of para-hydroxylation sites is 1. The van der Waals surface area contributed by atoms with Gasteiger partial charge in [-0.2, -0.15) is 0 Å². The molecule has 1 heterocycles. The van der Waals surface area contributed by atoms with Crippen LogP contribution in [0.15, 0.2) is 47.6 Å². The van der Waals surface area contributed by atoms with Gasteiger partial charge in [0, 0.05) is 5.02 Å². The second kappa shape index (κ2) is 8.44. The van der Waals surface area contributed by atoms with Gasteiger partial charge in [0.2, 0.25) is 11.1 Å². The second-order valence-corrected chi connectivity index (χ2v) is 6.91. The Hall–Kier alpha value is -2.22. The third kappa shape index (κ3) is 4.49. The highest BCUT2D eigenvalue weighted by Gasteiger charge is 2.13. The SMILES string of the molecule is COc1ccccc1-c1nc(SCC(=O)Nc2cc(Cl)ccc2Cl)n[nH]1. The number of amides is 1. The van der Waals surface area contributed by atoms with Crippen LogP contribution in [0.25, 0.3) is 11.4 Å². The number of methoxy groups -OCH3 is 1. The lowest BCUT2D eigenvalue weighted by molar-refractivity contribution is -0.113. The number of nitrogens with zero attached hydrogens (tertiary/aromatic N) is 2. The zero-order chi connectivity index (χ0) is 18.5. The van der Waals surface area contributed by atoms with Gasteiger partial charge in [-0.05, 0) is 30.3 Å². The third-order valence-corrected chi connectivity index (χ3v) is 4.77. The lowest BCUT2D eigenvalue weighted by Gasteiger charge is -2.06. The summed E-state index contributed by atoms with van der Waals surface area (Å²) < 4.78 is 5.31. The van der Waals surface area contributed by atoms with E-state index >= 15 is 0 Å². The lowest BCUT2D eigenvalue weighted by Crippen LogP contribution is -2.14. The molecule has 0 aliphatic carbocycles. The maximum atomic E-state index is 12.1. The number of aromatic nitrogens is 3. The number of hydrogen-bond donors (Lipinski definition) is 2. The van der Waals surface area contributed by atoms with Crippen molar-refractivity contribution in [1.29, 1.82) is 0 Å². The molecule has 6 nitrogen and oxygen atoms in total. The Morgan fingerprint density at radius 2 is 2.08 bits per heavy atom. The first-order chi connectivity index (χ1) is 12.6. The average Bonchev–Trinajstić information content (AvgIpc) is 3.12. The van der Waals surface area contributed by atoms with E-state index in [2.05, 4.69) is 20.5 Å². The highest BCUT2D eigenvalue weighted by molar-refractivity contribution is 7.99. The molecule has 0 unspecified atom stereocenters. The van der Waals surface area contributed by atoms with E-state index < -0.39 is 0 Å². The van der Waals surface area contributed by atoms with Gasteiger partial charge in [0.05, 0.1) is 29.1 Å². The fourth-order valence-corrected chi connectivity index (χ4v) is 3.12. The summed E-state index contributed by atoms with van der Waals surface area (Å²) in [5.74, 6) is 1.16. The normalized spacial score (nSPS) is 10.6. The summed E-state index contributed by atoms with van der Waals surface area (Å²) in [5.41, 5.74) is 1.26. The molecule has 9 heteroatoms. The Morgan fingerprint density at radius 1 is 1.27 bits per heavy atom. The average molecular weight is 409 g/mol. The zero-order valence-corrected chi connectivity index (χ0v) is 16.0. The molecule has 0 fully saturated rings. The van der Waals surface area contributed by atoms with E-state index in [4.69, 9.17) is 27.9 Å². The molecule has 26 heavy (non-hydrogen) atoms. The molecule has 2 aromatic carbocycles. The molecule has 0 aliphatic rings. The first-order valence-corrected chi connectivity index (χ1v) is 9.24. The summed E-state index contributed by atoms with van der Waals surface area (Å²) in [5, 5.41) is 11.1. The Kier molecular flexibility index (Phi) is 6.03. The van der Waals surface area contributed by atoms with E-state index in [0.29, 0.717) is 32.5 Å². The number of benzene rings is 2. The first kappa shape index (κ1) is 18.6. The number of aromatic amines is 1. The zero-order valence-electron chi connectivity index (χ0n) is 13.6. The first-order valence-electron chi connectivity index (χ1n) is 7.50. The molecule has 0 atom stereocenters. The Morgan fingerprint density at radius 3 is 2.88 bits per heavy atom. The summed E-state index contributed by atoms with van der Waals surface area (Å²) in [6, 6.07) is 12.4. The number of ether oxygens (including phenoxy) is 1. The van der Waals surface area contributed by atoms with Crippen LogP contribution in [-0.2, 0) is 4.79 Å². The van der Waals surface area contributed by atoms with Crippen LogP contribution in [0.4, 0.5) is 5.69 Å². The maximum Gasteiger partial charge on any atom is 0.234 e. The number of halogens is 2. The van der Waals surface area contributed by atoms with Crippen LogP contribution in [0.1, 0.15) is 0 Å². The quantitative estimate of drug-likeness (QED) is 0.586. The van der Waals surface area contributed by atoms with Gasteiger partial charge in [0.15, 0.2) is 5.82 Å². The monoisotopic (exact) mass is 408 g/mol. The molecule has 0 saturated heterocycles. The van der Waals surface area contributed by atoms with E-state index in [1.54, 1.807) is 25.3 Å². The van der Waals surface area contributed by atoms with Crippen molar-refractivity contribution < 1.29 is 9.53 Å². The van der Waals surface area contributed by atoms with Gasteiger partial charge < -0.3 is 10.1 Å². The molecule has 0 spiro atoms. The highest BCUT2D eigenvalue weighted by atomic mass is 35.5. The second-order valence-electron chi connectivity index (χ2n) is 5.13. The van der Waals surface area contributed by atoms with Crippen molar-refractivity contribution >= 4 is 46.6 Å². The van der Waals surface area contributed by atoms with Gasteiger partial charge in [-0.3, -0.25) is 9.89 Å². The van der Waals surface area contributed by atoms with Gasteiger partial charge in [-0.25, -0.2) is 4.98 Å². The van der Waals surface area contributed by atoms with Gasteiger partial charge in [-0.1, -0.05) is 47.1 Å². The molecule has 0 bridgehead atoms. The third-order valence-electron chi connectivity index (χ3n) is 3.36. The van der Waals surface area contributed by atoms with Gasteiger partial charge >= 0.3 is 0 Å². The minimum absolute atomic E-state index is 0.131. The minimum atomic E-state index is -0.234. The van der Waals surface area contributed by atoms with Crippen molar-refractivity contribution in [2.45, 2.75) is 5.16 Å². The predicted molar refractivity (Wildman–Crippen MR) is 104 cm³/mol. The molecular formula is C17H14Cl2N4O2S. The van der Waals surface area contributed by atoms with Crippen molar-refractivity contribution in [3.8, 4) is 17.1 Å². The van der Waals surface area contributed by atoms with Crippen LogP contribution in [0.2, 0.25) is 10.0 Å². The smallest absolute Gasteiger partial charge is 0.234 e. The molecule has 3 aromatic rings.